The summed E-state index contributed by atoms with van der Waals surface area (Å²) in [5.41, 5.74) is 1.15. The molecule has 0 saturated carbocycles. The summed E-state index contributed by atoms with van der Waals surface area (Å²) >= 11 is 7.50. The molecule has 0 aliphatic rings. The zero-order valence-corrected chi connectivity index (χ0v) is 15.0. The number of amides is 1. The number of rotatable bonds is 7. The highest BCUT2D eigenvalue weighted by molar-refractivity contribution is 7.16. The van der Waals surface area contributed by atoms with E-state index in [0.29, 0.717) is 24.3 Å². The average Bonchev–Trinajstić information content (AvgIpc) is 2.99. The summed E-state index contributed by atoms with van der Waals surface area (Å²) in [6.07, 6.45) is 1.81. The van der Waals surface area contributed by atoms with Gasteiger partial charge in [0.15, 0.2) is 6.04 Å². The van der Waals surface area contributed by atoms with Crippen molar-refractivity contribution in [3.63, 3.8) is 0 Å². The molecule has 1 aromatic heterocycles. The van der Waals surface area contributed by atoms with Gasteiger partial charge in [-0.3, -0.25) is 4.79 Å². The van der Waals surface area contributed by atoms with Crippen LogP contribution in [0.15, 0.2) is 49.1 Å². The molecule has 124 valence electrons. The van der Waals surface area contributed by atoms with Crippen LogP contribution in [0.1, 0.15) is 17.4 Å². The van der Waals surface area contributed by atoms with Gasteiger partial charge in [-0.05, 0) is 43.3 Å². The maximum atomic E-state index is 12.6. The normalized spacial score (nSPS) is 12.9. The Labute approximate surface area is 151 Å². The Balaban J connectivity index is 2.07. The SMILES string of the molecule is C=CC[NH+](Cc1ccc(Cl)s1)[C@H](C)C(=O)Nc1cccc(C#N)c1. The van der Waals surface area contributed by atoms with Crippen molar-refractivity contribution in [2.75, 3.05) is 11.9 Å². The van der Waals surface area contributed by atoms with E-state index < -0.39 is 0 Å². The number of anilines is 1. The fourth-order valence-corrected chi connectivity index (χ4v) is 3.50. The highest BCUT2D eigenvalue weighted by Crippen LogP contribution is 2.20. The predicted octanol–water partition coefficient (Wildman–Crippen LogP) is 2.87. The molecular weight excluding hydrogens is 342 g/mol. The number of thiophene rings is 1. The Morgan fingerprint density at radius 2 is 2.29 bits per heavy atom. The van der Waals surface area contributed by atoms with Gasteiger partial charge in [0, 0.05) is 5.69 Å². The second-order valence-electron chi connectivity index (χ2n) is 5.44. The Kier molecular flexibility index (Phi) is 6.56. The van der Waals surface area contributed by atoms with Gasteiger partial charge in [0.05, 0.1) is 27.4 Å². The summed E-state index contributed by atoms with van der Waals surface area (Å²) in [6.45, 7) is 7.04. The maximum absolute atomic E-state index is 12.6. The molecule has 0 saturated heterocycles. The minimum absolute atomic E-state index is 0.0930. The molecular formula is C18H19ClN3OS+. The van der Waals surface area contributed by atoms with Gasteiger partial charge in [-0.1, -0.05) is 24.2 Å². The molecule has 1 heterocycles. The summed E-state index contributed by atoms with van der Waals surface area (Å²) < 4.78 is 0.744. The molecule has 0 spiro atoms. The third-order valence-electron chi connectivity index (χ3n) is 3.70. The van der Waals surface area contributed by atoms with Crippen molar-refractivity contribution in [1.82, 2.24) is 0 Å². The number of hydrogen-bond acceptors (Lipinski definition) is 3. The van der Waals surface area contributed by atoms with Crippen LogP contribution >= 0.6 is 22.9 Å². The zero-order chi connectivity index (χ0) is 17.5. The van der Waals surface area contributed by atoms with Gasteiger partial charge in [0.2, 0.25) is 0 Å². The van der Waals surface area contributed by atoms with E-state index in [2.05, 4.69) is 18.0 Å². The number of quaternary nitrogens is 1. The van der Waals surface area contributed by atoms with Crippen molar-refractivity contribution < 1.29 is 9.69 Å². The fraction of sp³-hybridized carbons (Fsp3) is 0.222. The van der Waals surface area contributed by atoms with Crippen molar-refractivity contribution in [3.8, 4) is 6.07 Å². The van der Waals surface area contributed by atoms with Gasteiger partial charge in [-0.25, -0.2) is 0 Å². The van der Waals surface area contributed by atoms with E-state index in [0.717, 1.165) is 14.1 Å². The van der Waals surface area contributed by atoms with E-state index >= 15 is 0 Å². The van der Waals surface area contributed by atoms with E-state index in [9.17, 15) is 4.79 Å². The van der Waals surface area contributed by atoms with Crippen LogP contribution in [0.5, 0.6) is 0 Å². The molecule has 2 aromatic rings. The second-order valence-corrected chi connectivity index (χ2v) is 7.24. The summed E-state index contributed by atoms with van der Waals surface area (Å²) in [5.74, 6) is -0.0930. The Bertz CT molecular complexity index is 766. The molecule has 1 amide bonds. The number of nitrogens with one attached hydrogen (secondary N) is 2. The van der Waals surface area contributed by atoms with E-state index in [-0.39, 0.29) is 11.9 Å². The molecule has 4 nitrogen and oxygen atoms in total. The highest BCUT2D eigenvalue weighted by Gasteiger charge is 2.25. The van der Waals surface area contributed by atoms with Crippen molar-refractivity contribution in [2.45, 2.75) is 19.5 Å². The lowest BCUT2D eigenvalue weighted by molar-refractivity contribution is -0.921. The Morgan fingerprint density at radius 3 is 2.92 bits per heavy atom. The number of carbonyl (C=O) groups excluding carboxylic acids is 1. The lowest BCUT2D eigenvalue weighted by Gasteiger charge is -2.23. The fourth-order valence-electron chi connectivity index (χ4n) is 2.36. The first-order chi connectivity index (χ1) is 11.5. The minimum Gasteiger partial charge on any atom is -0.321 e. The first-order valence-corrected chi connectivity index (χ1v) is 8.73. The van der Waals surface area contributed by atoms with Gasteiger partial charge < -0.3 is 10.2 Å². The third-order valence-corrected chi connectivity index (χ3v) is 4.93. The van der Waals surface area contributed by atoms with Crippen LogP contribution in [0.3, 0.4) is 0 Å². The van der Waals surface area contributed by atoms with Crippen molar-refractivity contribution >= 4 is 34.5 Å². The van der Waals surface area contributed by atoms with Gasteiger partial charge in [0.1, 0.15) is 6.54 Å². The van der Waals surface area contributed by atoms with E-state index in [1.165, 1.54) is 11.3 Å². The molecule has 2 N–H and O–H groups in total. The Hall–Kier alpha value is -2.13. The molecule has 2 atom stereocenters. The van der Waals surface area contributed by atoms with Crippen molar-refractivity contribution in [1.29, 1.82) is 5.26 Å². The van der Waals surface area contributed by atoms with Crippen LogP contribution in [0, 0.1) is 11.3 Å². The Morgan fingerprint density at radius 1 is 1.50 bits per heavy atom. The third kappa shape index (κ3) is 4.93. The van der Waals surface area contributed by atoms with Gasteiger partial charge in [0.25, 0.3) is 5.91 Å². The number of nitriles is 1. The topological polar surface area (TPSA) is 57.3 Å². The number of nitrogens with zero attached hydrogens (tertiary/aromatic N) is 1. The lowest BCUT2D eigenvalue weighted by atomic mass is 10.2. The number of halogens is 1. The molecule has 2 rings (SSSR count). The van der Waals surface area contributed by atoms with Gasteiger partial charge in [-0.2, -0.15) is 5.26 Å². The molecule has 0 radical (unpaired) electrons. The average molecular weight is 361 g/mol. The van der Waals surface area contributed by atoms with E-state index in [1.54, 1.807) is 24.3 Å². The monoisotopic (exact) mass is 360 g/mol. The first-order valence-electron chi connectivity index (χ1n) is 7.54. The minimum atomic E-state index is -0.269. The summed E-state index contributed by atoms with van der Waals surface area (Å²) in [6, 6.07) is 12.5. The highest BCUT2D eigenvalue weighted by atomic mass is 35.5. The number of carbonyl (C=O) groups is 1. The van der Waals surface area contributed by atoms with Crippen molar-refractivity contribution in [2.24, 2.45) is 0 Å². The van der Waals surface area contributed by atoms with Crippen LogP contribution in [0.4, 0.5) is 5.69 Å². The molecule has 0 bridgehead atoms. The lowest BCUT2D eigenvalue weighted by Crippen LogP contribution is -3.15. The molecule has 1 unspecified atom stereocenters. The standard InChI is InChI=1S/C18H18ClN3OS/c1-3-9-22(12-16-7-8-17(19)24-16)13(2)18(23)21-15-6-4-5-14(10-15)11-20/h3-8,10,13H,1,9,12H2,2H3,(H,21,23)/p+1/t13-/m1/s1. The smallest absolute Gasteiger partial charge is 0.282 e. The van der Waals surface area contributed by atoms with E-state index in [4.69, 9.17) is 16.9 Å². The van der Waals surface area contributed by atoms with Crippen LogP contribution in [-0.2, 0) is 11.3 Å². The molecule has 24 heavy (non-hydrogen) atoms. The number of benzene rings is 1. The largest absolute Gasteiger partial charge is 0.321 e. The van der Waals surface area contributed by atoms with Gasteiger partial charge >= 0.3 is 0 Å². The van der Waals surface area contributed by atoms with Gasteiger partial charge in [-0.15, -0.1) is 11.3 Å². The second kappa shape index (κ2) is 8.65. The maximum Gasteiger partial charge on any atom is 0.282 e. The zero-order valence-electron chi connectivity index (χ0n) is 13.4. The molecule has 1 aromatic carbocycles. The summed E-state index contributed by atoms with van der Waals surface area (Å²) in [5, 5.41) is 11.8. The first kappa shape index (κ1) is 18.2. The van der Waals surface area contributed by atoms with Crippen molar-refractivity contribution in [3.05, 3.63) is 63.8 Å². The summed E-state index contributed by atoms with van der Waals surface area (Å²) in [7, 11) is 0. The summed E-state index contributed by atoms with van der Waals surface area (Å²) in [4.78, 5) is 14.8. The van der Waals surface area contributed by atoms with Crippen LogP contribution in [0.2, 0.25) is 4.34 Å². The molecule has 6 heteroatoms. The molecule has 0 fully saturated rings. The quantitative estimate of drug-likeness (QED) is 0.746. The van der Waals surface area contributed by atoms with Crippen LogP contribution in [0.25, 0.3) is 0 Å². The predicted molar refractivity (Wildman–Crippen MR) is 98.3 cm³/mol. The van der Waals surface area contributed by atoms with Crippen LogP contribution in [-0.4, -0.2) is 18.5 Å². The molecule has 0 aliphatic heterocycles. The molecule has 0 aliphatic carbocycles. The van der Waals surface area contributed by atoms with E-state index in [1.807, 2.05) is 25.1 Å². The number of hydrogen-bond donors (Lipinski definition) is 2. The van der Waals surface area contributed by atoms with Crippen LogP contribution < -0.4 is 10.2 Å².